The zero-order valence-corrected chi connectivity index (χ0v) is 12.2. The maximum Gasteiger partial charge on any atom is 0.225 e. The van der Waals surface area contributed by atoms with Crippen molar-refractivity contribution in [2.24, 2.45) is 0 Å². The summed E-state index contributed by atoms with van der Waals surface area (Å²) in [5.41, 5.74) is 1.29. The minimum atomic E-state index is 0.0944. The van der Waals surface area contributed by atoms with Gasteiger partial charge in [0.05, 0.1) is 0 Å². The molecule has 7 heteroatoms. The molecule has 0 aliphatic heterocycles. The van der Waals surface area contributed by atoms with E-state index in [4.69, 9.17) is 34.8 Å². The van der Waals surface area contributed by atoms with Crippen molar-refractivity contribution in [2.45, 2.75) is 0 Å². The van der Waals surface area contributed by atoms with Gasteiger partial charge < -0.3 is 5.32 Å². The van der Waals surface area contributed by atoms with Crippen molar-refractivity contribution in [1.82, 2.24) is 15.0 Å². The van der Waals surface area contributed by atoms with E-state index >= 15 is 0 Å². The van der Waals surface area contributed by atoms with Crippen LogP contribution in [0.1, 0.15) is 0 Å². The molecule has 1 N–H and O–H groups in total. The summed E-state index contributed by atoms with van der Waals surface area (Å²) in [6, 6.07) is 9.05. The van der Waals surface area contributed by atoms with Crippen LogP contribution in [0.15, 0.2) is 36.5 Å². The normalized spacial score (nSPS) is 10.8. The summed E-state index contributed by atoms with van der Waals surface area (Å²) >= 11 is 17.9. The first-order valence-electron chi connectivity index (χ1n) is 5.64. The minimum Gasteiger partial charge on any atom is -0.340 e. The van der Waals surface area contributed by atoms with Crippen LogP contribution in [-0.4, -0.2) is 15.0 Å². The Labute approximate surface area is 129 Å². The van der Waals surface area contributed by atoms with Gasteiger partial charge in [-0.2, -0.15) is 4.98 Å². The highest BCUT2D eigenvalue weighted by atomic mass is 35.5. The fraction of sp³-hybridized carbons (Fsp3) is 0. The first-order chi connectivity index (χ1) is 9.63. The first kappa shape index (κ1) is 13.4. The van der Waals surface area contributed by atoms with E-state index in [1.54, 1.807) is 24.4 Å². The summed E-state index contributed by atoms with van der Waals surface area (Å²) in [5, 5.41) is 4.88. The van der Waals surface area contributed by atoms with Crippen molar-refractivity contribution in [3.8, 4) is 0 Å². The second-order valence-electron chi connectivity index (χ2n) is 3.97. The predicted molar refractivity (Wildman–Crippen MR) is 82.1 cm³/mol. The van der Waals surface area contributed by atoms with E-state index in [1.807, 2.05) is 12.1 Å². The van der Waals surface area contributed by atoms with Gasteiger partial charge >= 0.3 is 0 Å². The highest BCUT2D eigenvalue weighted by Crippen LogP contribution is 2.28. The van der Waals surface area contributed by atoms with E-state index in [1.165, 1.54) is 0 Å². The van der Waals surface area contributed by atoms with Gasteiger partial charge in [0.1, 0.15) is 11.3 Å². The zero-order valence-electron chi connectivity index (χ0n) is 9.94. The number of rotatable bonds is 2. The molecule has 20 heavy (non-hydrogen) atoms. The van der Waals surface area contributed by atoms with Crippen molar-refractivity contribution in [1.29, 1.82) is 0 Å². The molecule has 0 saturated heterocycles. The SMILES string of the molecule is Clc1cccc(Nc2nc(Cl)nc3c(Cl)nccc23)c1. The van der Waals surface area contributed by atoms with Gasteiger partial charge in [-0.3, -0.25) is 0 Å². The van der Waals surface area contributed by atoms with E-state index in [0.717, 1.165) is 11.1 Å². The number of pyridine rings is 1. The molecule has 1 aromatic carbocycles. The van der Waals surface area contributed by atoms with Crippen LogP contribution in [0.5, 0.6) is 0 Å². The number of nitrogens with zero attached hydrogens (tertiary/aromatic N) is 3. The van der Waals surface area contributed by atoms with Crippen molar-refractivity contribution >= 4 is 57.2 Å². The van der Waals surface area contributed by atoms with E-state index in [-0.39, 0.29) is 10.4 Å². The molecule has 0 aliphatic rings. The molecule has 2 heterocycles. The number of nitrogens with one attached hydrogen (secondary N) is 1. The molecule has 0 atom stereocenters. The number of halogens is 3. The van der Waals surface area contributed by atoms with Crippen molar-refractivity contribution in [3.05, 3.63) is 52.0 Å². The van der Waals surface area contributed by atoms with Gasteiger partial charge in [-0.25, -0.2) is 9.97 Å². The molecule has 3 aromatic rings. The molecule has 0 fully saturated rings. The third-order valence-electron chi connectivity index (χ3n) is 2.63. The average molecular weight is 326 g/mol. The van der Waals surface area contributed by atoms with Gasteiger partial charge in [0, 0.05) is 22.3 Å². The first-order valence-corrected chi connectivity index (χ1v) is 6.77. The molecule has 0 spiro atoms. The zero-order chi connectivity index (χ0) is 14.1. The van der Waals surface area contributed by atoms with Crippen LogP contribution in [0.3, 0.4) is 0 Å². The third-order valence-corrected chi connectivity index (χ3v) is 3.31. The predicted octanol–water partition coefficient (Wildman–Crippen LogP) is 4.73. The molecular weight excluding hydrogens is 319 g/mol. The Hall–Kier alpha value is -1.62. The monoisotopic (exact) mass is 324 g/mol. The number of hydrogen-bond donors (Lipinski definition) is 1. The smallest absolute Gasteiger partial charge is 0.225 e. The maximum absolute atomic E-state index is 6.02. The van der Waals surface area contributed by atoms with Gasteiger partial charge in [-0.05, 0) is 35.9 Å². The number of hydrogen-bond acceptors (Lipinski definition) is 4. The molecule has 0 unspecified atom stereocenters. The molecule has 0 aliphatic carbocycles. The molecule has 100 valence electrons. The largest absolute Gasteiger partial charge is 0.340 e. The van der Waals surface area contributed by atoms with Gasteiger partial charge in [0.25, 0.3) is 0 Å². The minimum absolute atomic E-state index is 0.0944. The molecule has 0 bridgehead atoms. The highest BCUT2D eigenvalue weighted by molar-refractivity contribution is 6.34. The number of anilines is 2. The van der Waals surface area contributed by atoms with Gasteiger partial charge in [-0.1, -0.05) is 29.3 Å². The summed E-state index contributed by atoms with van der Waals surface area (Å²) in [7, 11) is 0. The lowest BCUT2D eigenvalue weighted by molar-refractivity contribution is 1.20. The number of aromatic nitrogens is 3. The Morgan fingerprint density at radius 1 is 1.00 bits per heavy atom. The fourth-order valence-electron chi connectivity index (χ4n) is 1.79. The molecule has 0 saturated carbocycles. The van der Waals surface area contributed by atoms with Crippen LogP contribution in [0.2, 0.25) is 15.5 Å². The lowest BCUT2D eigenvalue weighted by Gasteiger charge is -2.09. The molecule has 4 nitrogen and oxygen atoms in total. The molecule has 0 radical (unpaired) electrons. The standard InChI is InChI=1S/C13H7Cl3N4/c14-7-2-1-3-8(6-7)18-12-9-4-5-17-11(15)10(9)19-13(16)20-12/h1-6H,(H,18,19,20). The van der Waals surface area contributed by atoms with Crippen LogP contribution < -0.4 is 5.32 Å². The van der Waals surface area contributed by atoms with E-state index in [0.29, 0.717) is 16.4 Å². The third kappa shape index (κ3) is 2.63. The lowest BCUT2D eigenvalue weighted by Crippen LogP contribution is -1.98. The topological polar surface area (TPSA) is 50.7 Å². The Morgan fingerprint density at radius 2 is 1.85 bits per heavy atom. The van der Waals surface area contributed by atoms with Crippen molar-refractivity contribution in [3.63, 3.8) is 0 Å². The van der Waals surface area contributed by atoms with Crippen molar-refractivity contribution < 1.29 is 0 Å². The molecule has 3 rings (SSSR count). The Morgan fingerprint density at radius 3 is 2.65 bits per heavy atom. The highest BCUT2D eigenvalue weighted by Gasteiger charge is 2.10. The average Bonchev–Trinajstić information content (AvgIpc) is 2.40. The molecular formula is C13H7Cl3N4. The summed E-state index contributed by atoms with van der Waals surface area (Å²) in [6.45, 7) is 0. The Kier molecular flexibility index (Phi) is 3.61. The molecule has 0 amide bonds. The van der Waals surface area contributed by atoms with Crippen molar-refractivity contribution in [2.75, 3.05) is 5.32 Å². The van der Waals surface area contributed by atoms with Gasteiger partial charge in [-0.15, -0.1) is 0 Å². The van der Waals surface area contributed by atoms with Crippen LogP contribution in [0.4, 0.5) is 11.5 Å². The summed E-state index contributed by atoms with van der Waals surface area (Å²) in [6.07, 6.45) is 1.59. The summed E-state index contributed by atoms with van der Waals surface area (Å²) < 4.78 is 0. The Bertz CT molecular complexity index is 792. The fourth-order valence-corrected chi connectivity index (χ4v) is 2.35. The van der Waals surface area contributed by atoms with E-state index in [9.17, 15) is 0 Å². The summed E-state index contributed by atoms with van der Waals surface area (Å²) in [4.78, 5) is 12.2. The second-order valence-corrected chi connectivity index (χ2v) is 5.11. The van der Waals surface area contributed by atoms with Crippen LogP contribution in [-0.2, 0) is 0 Å². The lowest BCUT2D eigenvalue weighted by atomic mass is 10.2. The van der Waals surface area contributed by atoms with Gasteiger partial charge in [0.15, 0.2) is 5.15 Å². The maximum atomic E-state index is 6.02. The number of fused-ring (bicyclic) bond motifs is 1. The van der Waals surface area contributed by atoms with Crippen LogP contribution >= 0.6 is 34.8 Å². The van der Waals surface area contributed by atoms with Crippen LogP contribution in [0, 0.1) is 0 Å². The second kappa shape index (κ2) is 5.40. The van der Waals surface area contributed by atoms with Crippen LogP contribution in [0.25, 0.3) is 10.9 Å². The summed E-state index contributed by atoms with van der Waals surface area (Å²) in [5.74, 6) is 0.548. The van der Waals surface area contributed by atoms with Gasteiger partial charge in [0.2, 0.25) is 5.28 Å². The number of benzene rings is 1. The van der Waals surface area contributed by atoms with E-state index in [2.05, 4.69) is 20.3 Å². The molecule has 2 aromatic heterocycles. The Balaban J connectivity index is 2.14. The quantitative estimate of drug-likeness (QED) is 0.546. The van der Waals surface area contributed by atoms with E-state index < -0.39 is 0 Å².